The summed E-state index contributed by atoms with van der Waals surface area (Å²) in [5, 5.41) is 7.27. The molecule has 2 unspecified atom stereocenters. The Morgan fingerprint density at radius 2 is 1.67 bits per heavy atom. The van der Waals surface area contributed by atoms with Crippen LogP contribution in [0.25, 0.3) is 0 Å². The van der Waals surface area contributed by atoms with Crippen molar-refractivity contribution in [2.75, 3.05) is 6.61 Å². The minimum atomic E-state index is -4.43. The molecule has 2 aromatic rings. The molecule has 0 amide bonds. The molecule has 0 N–H and O–H groups in total. The smallest absolute Gasteiger partial charge is 0.312 e. The maximum Gasteiger partial charge on any atom is 0.312 e. The van der Waals surface area contributed by atoms with Gasteiger partial charge >= 0.3 is 5.97 Å². The molecule has 142 valence electrons. The van der Waals surface area contributed by atoms with Crippen molar-refractivity contribution in [1.29, 1.82) is 5.26 Å². The second kappa shape index (κ2) is 8.36. The van der Waals surface area contributed by atoms with Gasteiger partial charge in [0.25, 0.3) is 0 Å². The van der Waals surface area contributed by atoms with Crippen LogP contribution in [0.1, 0.15) is 33.6 Å². The van der Waals surface area contributed by atoms with E-state index in [0.717, 1.165) is 0 Å². The normalized spacial score (nSPS) is 15.7. The minimum absolute atomic E-state index is 0.104. The molecule has 0 bridgehead atoms. The van der Waals surface area contributed by atoms with Gasteiger partial charge < -0.3 is 4.74 Å². The van der Waals surface area contributed by atoms with Crippen molar-refractivity contribution in [3.8, 4) is 6.07 Å². The minimum Gasteiger partial charge on any atom is -0.466 e. The Labute approximate surface area is 161 Å². The molecule has 6 heteroatoms. The molecule has 5 nitrogen and oxygen atoms in total. The van der Waals surface area contributed by atoms with Crippen LogP contribution in [0.15, 0.2) is 65.6 Å². The zero-order valence-electron chi connectivity index (χ0n) is 16.5. The third kappa shape index (κ3) is 4.20. The Kier molecular flexibility index (Phi) is 5.92. The van der Waals surface area contributed by atoms with Crippen molar-refractivity contribution in [2.24, 2.45) is 5.41 Å². The van der Waals surface area contributed by atoms with Crippen LogP contribution in [0, 0.1) is 16.7 Å². The molecule has 27 heavy (non-hydrogen) atoms. The average Bonchev–Trinajstić information content (AvgIpc) is 2.69. The highest BCUT2D eigenvalue weighted by Crippen LogP contribution is 2.43. The highest BCUT2D eigenvalue weighted by Gasteiger charge is 2.48. The molecule has 0 aromatic heterocycles. The van der Waals surface area contributed by atoms with E-state index in [1.807, 2.05) is 0 Å². The van der Waals surface area contributed by atoms with Crippen molar-refractivity contribution in [3.05, 3.63) is 66.2 Å². The van der Waals surface area contributed by atoms with Gasteiger partial charge in [-0.1, -0.05) is 48.5 Å². The lowest BCUT2D eigenvalue weighted by molar-refractivity contribution is -0.154. The van der Waals surface area contributed by atoms with Gasteiger partial charge in [0.2, 0.25) is 0 Å². The molecule has 0 saturated heterocycles. The first-order valence-corrected chi connectivity index (χ1v) is 10.0. The lowest BCUT2D eigenvalue weighted by Crippen LogP contribution is -2.42. The maximum absolute atomic E-state index is 13.4. The number of nitrogens with zero attached hydrogens (tertiary/aromatic N) is 1. The van der Waals surface area contributed by atoms with Crippen LogP contribution in [-0.4, -0.2) is 26.2 Å². The fourth-order valence-corrected chi connectivity index (χ4v) is 4.61. The van der Waals surface area contributed by atoms with E-state index in [-0.39, 0.29) is 11.5 Å². The topological polar surface area (TPSA) is 84.2 Å². The Morgan fingerprint density at radius 3 is 2.15 bits per heavy atom. The lowest BCUT2D eigenvalue weighted by atomic mass is 9.73. The molecular weight excluding hydrogens is 362 g/mol. The van der Waals surface area contributed by atoms with Crippen LogP contribution < -0.4 is 0 Å². The number of ether oxygens (including phenoxy) is 1. The lowest BCUT2D eigenvalue weighted by Gasteiger charge is -2.35. The average molecular weight is 386 g/mol. The quantitative estimate of drug-likeness (QED) is 0.677. The first-order valence-electron chi connectivity index (χ1n) is 9.06. The second-order valence-electron chi connectivity index (χ2n) is 6.58. The Balaban J connectivity index is 2.77. The number of hydrogen-bond acceptors (Lipinski definition) is 5. The molecule has 0 aliphatic heterocycles. The summed E-state index contributed by atoms with van der Waals surface area (Å²) in [5.74, 6) is -1.95. The number of hydrogen-bond donors (Lipinski definition) is 0. The standard InChI is InChI=1S/C21H23NO4S/c1-4-26-20(23)21(2,3)19(16-11-7-5-8-12-16)18(15-22)27(24,25)17-13-9-6-10-14-17/h5-14,18-19H,4H2,1-3H3/i18D. The predicted octanol–water partition coefficient (Wildman–Crippen LogP) is 3.73. The van der Waals surface area contributed by atoms with Crippen molar-refractivity contribution in [2.45, 2.75) is 36.8 Å². The Morgan fingerprint density at radius 1 is 1.15 bits per heavy atom. The van der Waals surface area contributed by atoms with Crippen molar-refractivity contribution >= 4 is 15.8 Å². The van der Waals surface area contributed by atoms with Gasteiger partial charge in [-0.25, -0.2) is 8.42 Å². The molecule has 0 saturated carbocycles. The van der Waals surface area contributed by atoms with E-state index >= 15 is 0 Å². The van der Waals surface area contributed by atoms with Gasteiger partial charge in [0.05, 0.1) is 24.4 Å². The largest absolute Gasteiger partial charge is 0.466 e. The summed E-state index contributed by atoms with van der Waals surface area (Å²) in [6, 6.07) is 17.4. The first-order chi connectivity index (χ1) is 13.1. The highest BCUT2D eigenvalue weighted by atomic mass is 32.2. The first kappa shape index (κ1) is 19.1. The summed E-state index contributed by atoms with van der Waals surface area (Å²) in [7, 11) is -4.43. The molecule has 0 spiro atoms. The van der Waals surface area contributed by atoms with Gasteiger partial charge in [-0.2, -0.15) is 5.26 Å². The predicted molar refractivity (Wildman–Crippen MR) is 103 cm³/mol. The number of carbonyl (C=O) groups excluding carboxylic acids is 1. The second-order valence-corrected chi connectivity index (χ2v) is 8.50. The SMILES string of the molecule is [2H]C(C#N)(C(c1ccccc1)C(C)(C)C(=O)OCC)S(=O)(=O)c1ccccc1. The van der Waals surface area contributed by atoms with E-state index in [0.29, 0.717) is 5.56 Å². The zero-order chi connectivity index (χ0) is 21.0. The summed E-state index contributed by atoms with van der Waals surface area (Å²) in [5.41, 5.74) is -1.05. The van der Waals surface area contributed by atoms with Gasteiger partial charge in [0, 0.05) is 5.92 Å². The number of esters is 1. The van der Waals surface area contributed by atoms with Crippen LogP contribution >= 0.6 is 0 Å². The molecule has 0 aliphatic rings. The highest BCUT2D eigenvalue weighted by molar-refractivity contribution is 7.92. The van der Waals surface area contributed by atoms with Crippen molar-refractivity contribution in [1.82, 2.24) is 0 Å². The fraction of sp³-hybridized carbons (Fsp3) is 0.333. The van der Waals surface area contributed by atoms with E-state index in [1.54, 1.807) is 49.4 Å². The van der Waals surface area contributed by atoms with Crippen LogP contribution in [0.3, 0.4) is 0 Å². The van der Waals surface area contributed by atoms with E-state index in [9.17, 15) is 18.5 Å². The van der Waals surface area contributed by atoms with Crippen LogP contribution in [-0.2, 0) is 19.4 Å². The number of rotatable bonds is 7. The summed E-state index contributed by atoms with van der Waals surface area (Å²) in [6.07, 6.45) is 0. The summed E-state index contributed by atoms with van der Waals surface area (Å²) >= 11 is 0. The van der Waals surface area contributed by atoms with Gasteiger partial charge in [-0.3, -0.25) is 4.79 Å². The van der Waals surface area contributed by atoms with Crippen molar-refractivity contribution in [3.63, 3.8) is 0 Å². The molecule has 2 aromatic carbocycles. The number of benzene rings is 2. The third-order valence-corrected chi connectivity index (χ3v) is 6.17. The van der Waals surface area contributed by atoms with E-state index in [4.69, 9.17) is 6.11 Å². The molecule has 0 heterocycles. The summed E-state index contributed by atoms with van der Waals surface area (Å²) < 4.78 is 40.7. The number of carbonyl (C=O) groups is 1. The summed E-state index contributed by atoms with van der Waals surface area (Å²) in [4.78, 5) is 12.5. The Hall–Kier alpha value is -2.65. The van der Waals surface area contributed by atoms with E-state index in [1.165, 1.54) is 38.1 Å². The van der Waals surface area contributed by atoms with Crippen molar-refractivity contribution < 1.29 is 19.3 Å². The fourth-order valence-electron chi connectivity index (χ4n) is 2.98. The summed E-state index contributed by atoms with van der Waals surface area (Å²) in [6.45, 7) is 4.75. The molecule has 2 rings (SSSR count). The number of nitriles is 1. The molecular formula is C21H23NO4S. The van der Waals surface area contributed by atoms with E-state index < -0.39 is 32.4 Å². The third-order valence-electron chi connectivity index (χ3n) is 4.37. The van der Waals surface area contributed by atoms with E-state index in [2.05, 4.69) is 0 Å². The van der Waals surface area contributed by atoms with Gasteiger partial charge in [-0.05, 0) is 38.5 Å². The molecule has 0 fully saturated rings. The number of sulfone groups is 1. The molecule has 0 aliphatic carbocycles. The Bertz CT molecular complexity index is 968. The van der Waals surface area contributed by atoms with Crippen LogP contribution in [0.5, 0.6) is 0 Å². The van der Waals surface area contributed by atoms with Gasteiger partial charge in [-0.15, -0.1) is 0 Å². The van der Waals surface area contributed by atoms with Gasteiger partial charge in [0.1, 0.15) is 0 Å². The molecule has 2 atom stereocenters. The maximum atomic E-state index is 13.4. The zero-order valence-corrected chi connectivity index (χ0v) is 16.4. The van der Waals surface area contributed by atoms with Crippen LogP contribution in [0.2, 0.25) is 0 Å². The molecule has 0 radical (unpaired) electrons. The van der Waals surface area contributed by atoms with Crippen LogP contribution in [0.4, 0.5) is 0 Å². The van der Waals surface area contributed by atoms with Gasteiger partial charge in [0.15, 0.2) is 15.1 Å². The monoisotopic (exact) mass is 386 g/mol.